The largest absolute Gasteiger partial charge is 0.497 e. The van der Waals surface area contributed by atoms with Crippen LogP contribution >= 0.6 is 0 Å². The Morgan fingerprint density at radius 1 is 0.935 bits per heavy atom. The van der Waals surface area contributed by atoms with E-state index < -0.39 is 0 Å². The van der Waals surface area contributed by atoms with Gasteiger partial charge in [-0.1, -0.05) is 30.3 Å². The molecule has 0 spiro atoms. The fourth-order valence-corrected chi connectivity index (χ4v) is 3.53. The molecule has 8 nitrogen and oxygen atoms in total. The average molecular weight is 419 g/mol. The number of rotatable bonds is 5. The van der Waals surface area contributed by atoms with E-state index in [1.54, 1.807) is 43.6 Å². The third-order valence-corrected chi connectivity index (χ3v) is 5.26. The summed E-state index contributed by atoms with van der Waals surface area (Å²) in [6, 6.07) is 17.2. The number of carbonyl (C=O) groups is 1. The van der Waals surface area contributed by atoms with Gasteiger partial charge in [0, 0.05) is 43.9 Å². The molecule has 0 atom stereocenters. The molecule has 0 saturated carbocycles. The van der Waals surface area contributed by atoms with Crippen LogP contribution in [0.1, 0.15) is 0 Å². The number of aromatic nitrogens is 2. The van der Waals surface area contributed by atoms with Crippen molar-refractivity contribution < 1.29 is 14.3 Å². The number of hydrogen-bond donors (Lipinski definition) is 1. The molecule has 1 fully saturated rings. The highest BCUT2D eigenvalue weighted by Gasteiger charge is 2.23. The summed E-state index contributed by atoms with van der Waals surface area (Å²) in [5.74, 6) is 2.10. The normalized spacial score (nSPS) is 13.6. The van der Waals surface area contributed by atoms with E-state index in [9.17, 15) is 4.79 Å². The van der Waals surface area contributed by atoms with Gasteiger partial charge >= 0.3 is 6.03 Å². The van der Waals surface area contributed by atoms with E-state index in [0.29, 0.717) is 43.4 Å². The number of nitrogens with zero attached hydrogens (tertiary/aromatic N) is 4. The number of methoxy groups -OCH3 is 2. The van der Waals surface area contributed by atoms with E-state index in [4.69, 9.17) is 9.47 Å². The SMILES string of the molecule is COc1ccc(OC)c(NC(=O)N2CCN(c3cc(-c4ccccc4)ncn3)CC2)c1. The molecule has 2 aromatic carbocycles. The van der Waals surface area contributed by atoms with Gasteiger partial charge in [-0.15, -0.1) is 0 Å². The van der Waals surface area contributed by atoms with Crippen LogP contribution in [0.5, 0.6) is 11.5 Å². The Morgan fingerprint density at radius 2 is 1.71 bits per heavy atom. The topological polar surface area (TPSA) is 79.8 Å². The number of benzene rings is 2. The lowest BCUT2D eigenvalue weighted by molar-refractivity contribution is 0.208. The lowest BCUT2D eigenvalue weighted by Gasteiger charge is -2.35. The van der Waals surface area contributed by atoms with Gasteiger partial charge in [-0.05, 0) is 12.1 Å². The molecule has 1 aliphatic heterocycles. The highest BCUT2D eigenvalue weighted by atomic mass is 16.5. The molecule has 8 heteroatoms. The summed E-state index contributed by atoms with van der Waals surface area (Å²) in [4.78, 5) is 25.6. The zero-order valence-electron chi connectivity index (χ0n) is 17.6. The Labute approximate surface area is 181 Å². The summed E-state index contributed by atoms with van der Waals surface area (Å²) in [5, 5.41) is 2.93. The van der Waals surface area contributed by atoms with Gasteiger partial charge in [-0.3, -0.25) is 0 Å². The standard InChI is InChI=1S/C23H25N5O3/c1-30-18-8-9-21(31-2)20(14-18)26-23(29)28-12-10-27(11-13-28)22-15-19(24-16-25-22)17-6-4-3-5-7-17/h3-9,14-16H,10-13H2,1-2H3,(H,26,29). The molecule has 2 amide bonds. The molecule has 0 radical (unpaired) electrons. The second-order valence-electron chi connectivity index (χ2n) is 7.10. The number of urea groups is 1. The Bertz CT molecular complexity index is 1040. The number of anilines is 2. The maximum absolute atomic E-state index is 12.8. The minimum Gasteiger partial charge on any atom is -0.497 e. The molecule has 0 unspecified atom stereocenters. The quantitative estimate of drug-likeness (QED) is 0.682. The molecule has 2 heterocycles. The summed E-state index contributed by atoms with van der Waals surface area (Å²) >= 11 is 0. The van der Waals surface area contributed by atoms with Gasteiger partial charge in [-0.2, -0.15) is 0 Å². The maximum Gasteiger partial charge on any atom is 0.322 e. The first-order chi connectivity index (χ1) is 15.2. The van der Waals surface area contributed by atoms with Crippen molar-refractivity contribution in [2.24, 2.45) is 0 Å². The van der Waals surface area contributed by atoms with Crippen LogP contribution in [0.2, 0.25) is 0 Å². The van der Waals surface area contributed by atoms with Crippen molar-refractivity contribution in [3.05, 3.63) is 60.9 Å². The van der Waals surface area contributed by atoms with Crippen LogP contribution in [0.15, 0.2) is 60.9 Å². The van der Waals surface area contributed by atoms with Gasteiger partial charge in [0.25, 0.3) is 0 Å². The minimum atomic E-state index is -0.168. The summed E-state index contributed by atoms with van der Waals surface area (Å²) < 4.78 is 10.6. The van der Waals surface area contributed by atoms with Gasteiger partial charge in [0.2, 0.25) is 0 Å². The average Bonchev–Trinajstić information content (AvgIpc) is 2.84. The third-order valence-electron chi connectivity index (χ3n) is 5.26. The van der Waals surface area contributed by atoms with E-state index in [0.717, 1.165) is 17.1 Å². The Kier molecular flexibility index (Phi) is 6.16. The zero-order chi connectivity index (χ0) is 21.6. The van der Waals surface area contributed by atoms with Gasteiger partial charge in [0.05, 0.1) is 25.6 Å². The van der Waals surface area contributed by atoms with Crippen LogP contribution in [0.3, 0.4) is 0 Å². The summed E-state index contributed by atoms with van der Waals surface area (Å²) in [7, 11) is 3.16. The van der Waals surface area contributed by atoms with E-state index in [-0.39, 0.29) is 6.03 Å². The lowest BCUT2D eigenvalue weighted by atomic mass is 10.1. The fraction of sp³-hybridized carbons (Fsp3) is 0.261. The number of hydrogen-bond acceptors (Lipinski definition) is 6. The van der Waals surface area contributed by atoms with Crippen LogP contribution in [0.4, 0.5) is 16.3 Å². The number of amides is 2. The first-order valence-electron chi connectivity index (χ1n) is 10.1. The van der Waals surface area contributed by atoms with Crippen LogP contribution in [-0.2, 0) is 0 Å². The number of ether oxygens (including phenoxy) is 2. The first kappa shape index (κ1) is 20.5. The van der Waals surface area contributed by atoms with Crippen LogP contribution in [0.25, 0.3) is 11.3 Å². The predicted octanol–water partition coefficient (Wildman–Crippen LogP) is 3.51. The van der Waals surface area contributed by atoms with E-state index >= 15 is 0 Å². The molecular weight excluding hydrogens is 394 g/mol. The Hall–Kier alpha value is -3.81. The molecule has 3 aromatic rings. The molecule has 1 saturated heterocycles. The first-order valence-corrected chi connectivity index (χ1v) is 10.1. The van der Waals surface area contributed by atoms with Gasteiger partial charge in [0.15, 0.2) is 0 Å². The molecule has 4 rings (SSSR count). The van der Waals surface area contributed by atoms with Crippen LogP contribution in [0, 0.1) is 0 Å². The summed E-state index contributed by atoms with van der Waals surface area (Å²) in [5.41, 5.74) is 2.52. The predicted molar refractivity (Wildman–Crippen MR) is 120 cm³/mol. The Balaban J connectivity index is 1.40. The van der Waals surface area contributed by atoms with Crippen molar-refractivity contribution in [1.29, 1.82) is 0 Å². The van der Waals surface area contributed by atoms with E-state index in [2.05, 4.69) is 20.2 Å². The van der Waals surface area contributed by atoms with Gasteiger partial charge in [-0.25, -0.2) is 14.8 Å². The van der Waals surface area contributed by atoms with Crippen LogP contribution < -0.4 is 19.7 Å². The van der Waals surface area contributed by atoms with Crippen molar-refractivity contribution in [2.75, 3.05) is 50.6 Å². The second-order valence-corrected chi connectivity index (χ2v) is 7.10. The maximum atomic E-state index is 12.8. The smallest absolute Gasteiger partial charge is 0.322 e. The van der Waals surface area contributed by atoms with Crippen molar-refractivity contribution in [3.8, 4) is 22.8 Å². The Morgan fingerprint density at radius 3 is 2.42 bits per heavy atom. The van der Waals surface area contributed by atoms with E-state index in [1.165, 1.54) is 0 Å². The zero-order valence-corrected chi connectivity index (χ0v) is 17.6. The molecule has 31 heavy (non-hydrogen) atoms. The fourth-order valence-electron chi connectivity index (χ4n) is 3.53. The van der Waals surface area contributed by atoms with Crippen LogP contribution in [-0.4, -0.2) is 61.3 Å². The molecule has 1 N–H and O–H groups in total. The number of piperazine rings is 1. The molecular formula is C23H25N5O3. The number of carbonyl (C=O) groups excluding carboxylic acids is 1. The van der Waals surface area contributed by atoms with Crippen molar-refractivity contribution in [1.82, 2.24) is 14.9 Å². The van der Waals surface area contributed by atoms with E-state index in [1.807, 2.05) is 36.4 Å². The monoisotopic (exact) mass is 419 g/mol. The molecule has 160 valence electrons. The highest BCUT2D eigenvalue weighted by molar-refractivity contribution is 5.91. The highest BCUT2D eigenvalue weighted by Crippen LogP contribution is 2.29. The molecule has 1 aliphatic rings. The van der Waals surface area contributed by atoms with Crippen molar-refractivity contribution in [2.45, 2.75) is 0 Å². The van der Waals surface area contributed by atoms with Crippen molar-refractivity contribution in [3.63, 3.8) is 0 Å². The third kappa shape index (κ3) is 4.69. The lowest BCUT2D eigenvalue weighted by Crippen LogP contribution is -2.50. The van der Waals surface area contributed by atoms with Gasteiger partial charge < -0.3 is 24.6 Å². The number of nitrogens with one attached hydrogen (secondary N) is 1. The molecule has 1 aromatic heterocycles. The minimum absolute atomic E-state index is 0.168. The van der Waals surface area contributed by atoms with Gasteiger partial charge in [0.1, 0.15) is 23.6 Å². The summed E-state index contributed by atoms with van der Waals surface area (Å²) in [6.45, 7) is 2.55. The second kappa shape index (κ2) is 9.34. The molecule has 0 aliphatic carbocycles. The molecule has 0 bridgehead atoms. The van der Waals surface area contributed by atoms with Crippen molar-refractivity contribution >= 4 is 17.5 Å². The summed E-state index contributed by atoms with van der Waals surface area (Å²) in [6.07, 6.45) is 1.59.